The summed E-state index contributed by atoms with van der Waals surface area (Å²) in [6.45, 7) is -0.198. The number of benzene rings is 3. The van der Waals surface area contributed by atoms with Crippen molar-refractivity contribution < 1.29 is 43.3 Å². The second kappa shape index (κ2) is 12.7. The number of nitrogens with zero attached hydrogens (tertiary/aromatic N) is 2. The standard InChI is InChI=1S/C38H35FN2O8/c1-41(2)31-26-17-24-16-25-27(39)18-23(14-9-15-42)33(47-19-21-10-5-3-6-11-21)29(25)32(43)28(24)35(44)38(26,46)36(45)30-34(31)49-40-37(30)48-20-22-12-7-4-8-13-22/h3-14,18,24,26,31,42-43,46H,15-17,19-20H2,1-2H3/b14-9+/t24-,26-,31-,38-/m0/s1. The first-order valence-corrected chi connectivity index (χ1v) is 16.0. The van der Waals surface area contributed by atoms with Crippen molar-refractivity contribution in [2.45, 2.75) is 37.7 Å². The molecule has 7 rings (SSSR count). The van der Waals surface area contributed by atoms with Crippen molar-refractivity contribution in [2.24, 2.45) is 11.8 Å². The summed E-state index contributed by atoms with van der Waals surface area (Å²) >= 11 is 0. The van der Waals surface area contributed by atoms with Crippen LogP contribution in [0.4, 0.5) is 4.39 Å². The van der Waals surface area contributed by atoms with Gasteiger partial charge in [0.05, 0.1) is 18.2 Å². The van der Waals surface area contributed by atoms with E-state index in [4.69, 9.17) is 14.0 Å². The van der Waals surface area contributed by atoms with Crippen LogP contribution in [0.5, 0.6) is 11.6 Å². The van der Waals surface area contributed by atoms with Crippen molar-refractivity contribution in [3.8, 4) is 11.6 Å². The molecule has 1 fully saturated rings. The normalized spacial score (nSPS) is 22.9. The third-order valence-corrected chi connectivity index (χ3v) is 9.69. The maximum Gasteiger partial charge on any atom is 0.265 e. The van der Waals surface area contributed by atoms with E-state index in [1.54, 1.807) is 19.0 Å². The van der Waals surface area contributed by atoms with Crippen LogP contribution in [0.1, 0.15) is 56.4 Å². The van der Waals surface area contributed by atoms with E-state index >= 15 is 4.39 Å². The maximum atomic E-state index is 15.9. The van der Waals surface area contributed by atoms with Crippen LogP contribution in [0.25, 0.3) is 11.8 Å². The van der Waals surface area contributed by atoms with Crippen LogP contribution in [0.15, 0.2) is 82.9 Å². The Morgan fingerprint density at radius 3 is 2.29 bits per heavy atom. The fraction of sp³-hybridized carbons (Fsp3) is 0.289. The Bertz CT molecular complexity index is 1990. The lowest BCUT2D eigenvalue weighted by molar-refractivity contribution is -0.142. The fourth-order valence-electron chi connectivity index (χ4n) is 7.47. The number of fused-ring (bicyclic) bond motifs is 4. The summed E-state index contributed by atoms with van der Waals surface area (Å²) in [4.78, 5) is 30.7. The number of hydrogen-bond acceptors (Lipinski definition) is 10. The van der Waals surface area contributed by atoms with Crippen molar-refractivity contribution in [1.29, 1.82) is 0 Å². The van der Waals surface area contributed by atoms with E-state index in [9.17, 15) is 24.9 Å². The van der Waals surface area contributed by atoms with Gasteiger partial charge in [-0.1, -0.05) is 72.8 Å². The molecule has 3 aliphatic carbocycles. The maximum absolute atomic E-state index is 15.9. The van der Waals surface area contributed by atoms with Crippen LogP contribution < -0.4 is 9.47 Å². The Balaban J connectivity index is 1.33. The zero-order valence-electron chi connectivity index (χ0n) is 26.9. The Morgan fingerprint density at radius 1 is 1.00 bits per heavy atom. The summed E-state index contributed by atoms with van der Waals surface area (Å²) in [6.07, 6.45) is 2.94. The van der Waals surface area contributed by atoms with Gasteiger partial charge >= 0.3 is 0 Å². The van der Waals surface area contributed by atoms with E-state index in [1.807, 2.05) is 60.7 Å². The lowest BCUT2D eigenvalue weighted by Gasteiger charge is -2.49. The molecule has 11 heteroatoms. The number of aliphatic hydroxyl groups excluding tert-OH is 2. The third-order valence-electron chi connectivity index (χ3n) is 9.69. The van der Waals surface area contributed by atoms with Crippen molar-refractivity contribution in [1.82, 2.24) is 10.1 Å². The molecule has 0 amide bonds. The lowest BCUT2D eigenvalue weighted by Crippen LogP contribution is -2.63. The number of aromatic nitrogens is 1. The highest BCUT2D eigenvalue weighted by Gasteiger charge is 2.65. The van der Waals surface area contributed by atoms with E-state index in [-0.39, 0.29) is 77.9 Å². The number of ketones is 2. The molecule has 4 atom stereocenters. The number of aliphatic hydroxyl groups is 3. The fourth-order valence-corrected chi connectivity index (χ4v) is 7.47. The highest BCUT2D eigenvalue weighted by Crippen LogP contribution is 2.56. The number of rotatable bonds is 9. The molecular weight excluding hydrogens is 631 g/mol. The van der Waals surface area contributed by atoms with Gasteiger partial charge in [-0.25, -0.2) is 4.39 Å². The van der Waals surface area contributed by atoms with Gasteiger partial charge in [0.25, 0.3) is 5.88 Å². The molecule has 10 nitrogen and oxygen atoms in total. The molecule has 0 saturated heterocycles. The Labute approximate surface area is 281 Å². The number of carbonyl (C=O) groups excluding carboxylic acids is 2. The number of hydrogen-bond donors (Lipinski definition) is 3. The van der Waals surface area contributed by atoms with Crippen LogP contribution >= 0.6 is 0 Å². The van der Waals surface area contributed by atoms with Gasteiger partial charge in [-0.2, -0.15) is 0 Å². The Kier molecular flexibility index (Phi) is 8.43. The number of ether oxygens (including phenoxy) is 2. The van der Waals surface area contributed by atoms with Crippen LogP contribution in [0.3, 0.4) is 0 Å². The van der Waals surface area contributed by atoms with Gasteiger partial charge < -0.3 is 29.3 Å². The van der Waals surface area contributed by atoms with Crippen molar-refractivity contribution >= 4 is 23.4 Å². The first kappa shape index (κ1) is 32.4. The smallest absolute Gasteiger partial charge is 0.265 e. The van der Waals surface area contributed by atoms with Crippen LogP contribution in [-0.2, 0) is 24.4 Å². The van der Waals surface area contributed by atoms with Gasteiger partial charge in [0, 0.05) is 22.6 Å². The molecule has 49 heavy (non-hydrogen) atoms. The molecule has 3 N–H and O–H groups in total. The summed E-state index contributed by atoms with van der Waals surface area (Å²) in [5.41, 5.74) is -0.935. The molecular formula is C38H35FN2O8. The minimum Gasteiger partial charge on any atom is -0.507 e. The molecule has 0 aliphatic heterocycles. The molecule has 0 bridgehead atoms. The highest BCUT2D eigenvalue weighted by molar-refractivity contribution is 6.26. The second-order valence-electron chi connectivity index (χ2n) is 12.8. The number of Topliss-reactive ketones (excluding diaryl/α,β-unsaturated/α-hetero) is 2. The van der Waals surface area contributed by atoms with Crippen molar-refractivity contribution in [3.63, 3.8) is 0 Å². The van der Waals surface area contributed by atoms with Gasteiger partial charge in [0.2, 0.25) is 11.6 Å². The average Bonchev–Trinajstić information content (AvgIpc) is 3.52. The second-order valence-corrected chi connectivity index (χ2v) is 12.8. The molecule has 3 aliphatic rings. The van der Waals surface area contributed by atoms with Gasteiger partial charge in [0.15, 0.2) is 11.4 Å². The highest BCUT2D eigenvalue weighted by atomic mass is 19.1. The minimum atomic E-state index is -2.60. The molecule has 0 radical (unpaired) electrons. The zero-order valence-corrected chi connectivity index (χ0v) is 26.9. The number of halogens is 1. The Hall–Kier alpha value is -5.10. The predicted octanol–water partition coefficient (Wildman–Crippen LogP) is 5.24. The minimum absolute atomic E-state index is 0.00755. The summed E-state index contributed by atoms with van der Waals surface area (Å²) in [5.74, 6) is -4.70. The first-order chi connectivity index (χ1) is 23.6. The third kappa shape index (κ3) is 5.34. The van der Waals surface area contributed by atoms with Crippen LogP contribution in [-0.4, -0.2) is 63.2 Å². The summed E-state index contributed by atoms with van der Waals surface area (Å²) in [6, 6.07) is 19.0. The molecule has 3 aromatic carbocycles. The van der Waals surface area contributed by atoms with Gasteiger partial charge in [-0.3, -0.25) is 14.5 Å². The van der Waals surface area contributed by atoms with E-state index in [2.05, 4.69) is 5.16 Å². The quantitative estimate of drug-likeness (QED) is 0.203. The predicted molar refractivity (Wildman–Crippen MR) is 176 cm³/mol. The monoisotopic (exact) mass is 666 g/mol. The summed E-state index contributed by atoms with van der Waals surface area (Å²) in [5, 5.41) is 37.7. The number of carbonyl (C=O) groups is 2. The van der Waals surface area contributed by atoms with E-state index < -0.39 is 46.6 Å². The summed E-state index contributed by atoms with van der Waals surface area (Å²) < 4.78 is 33.7. The van der Waals surface area contributed by atoms with E-state index in [0.29, 0.717) is 0 Å². The largest absolute Gasteiger partial charge is 0.507 e. The van der Waals surface area contributed by atoms with Gasteiger partial charge in [0.1, 0.15) is 36.1 Å². The molecule has 1 heterocycles. The van der Waals surface area contributed by atoms with Crippen LogP contribution in [0, 0.1) is 17.7 Å². The molecule has 252 valence electrons. The average molecular weight is 667 g/mol. The molecule has 0 spiro atoms. The van der Waals surface area contributed by atoms with Crippen molar-refractivity contribution in [3.05, 3.63) is 123 Å². The topological polar surface area (TPSA) is 143 Å². The molecule has 4 aromatic rings. The van der Waals surface area contributed by atoms with Crippen LogP contribution in [0.2, 0.25) is 0 Å². The molecule has 1 aromatic heterocycles. The first-order valence-electron chi connectivity index (χ1n) is 16.0. The Morgan fingerprint density at radius 2 is 1.65 bits per heavy atom. The molecule has 1 saturated carbocycles. The summed E-state index contributed by atoms with van der Waals surface area (Å²) in [7, 11) is 3.47. The SMILES string of the molecule is CN(C)[C@@H]1c2onc(OCc3ccccc3)c2C(=O)[C@@]2(O)C(=O)C3=C(O)c4c(c(F)cc(/C=C/CO)c4OCc4ccccc4)C[C@H]3C[C@@H]12. The van der Waals surface area contributed by atoms with E-state index in [1.165, 1.54) is 18.2 Å². The van der Waals surface area contributed by atoms with E-state index in [0.717, 1.165) is 11.1 Å². The zero-order chi connectivity index (χ0) is 34.4. The lowest BCUT2D eigenvalue weighted by atomic mass is 9.57. The van der Waals surface area contributed by atoms with Gasteiger partial charge in [-0.05, 0) is 55.2 Å². The molecule has 0 unspecified atom stereocenters. The van der Waals surface area contributed by atoms with Gasteiger partial charge in [-0.15, -0.1) is 0 Å². The van der Waals surface area contributed by atoms with Crippen molar-refractivity contribution in [2.75, 3.05) is 20.7 Å².